The highest BCUT2D eigenvalue weighted by molar-refractivity contribution is 7.13. The van der Waals surface area contributed by atoms with Gasteiger partial charge in [-0.2, -0.15) is 0 Å². The third-order valence-corrected chi connectivity index (χ3v) is 2.42. The summed E-state index contributed by atoms with van der Waals surface area (Å²) in [5.74, 6) is -1.27. The lowest BCUT2D eigenvalue weighted by molar-refractivity contribution is -0.129. The molecule has 0 aliphatic rings. The highest BCUT2D eigenvalue weighted by Crippen LogP contribution is 2.12. The molecule has 0 saturated carbocycles. The van der Waals surface area contributed by atoms with Gasteiger partial charge in [-0.15, -0.1) is 11.3 Å². The van der Waals surface area contributed by atoms with Crippen molar-refractivity contribution in [1.29, 1.82) is 0 Å². The van der Waals surface area contributed by atoms with Crippen molar-refractivity contribution in [1.82, 2.24) is 4.98 Å². The van der Waals surface area contributed by atoms with Gasteiger partial charge >= 0.3 is 5.97 Å². The molecule has 17 heavy (non-hydrogen) atoms. The number of anilines is 1. The Morgan fingerprint density at radius 1 is 1.71 bits per heavy atom. The van der Waals surface area contributed by atoms with Crippen LogP contribution in [0.25, 0.3) is 0 Å². The molecule has 0 aliphatic carbocycles. The Bertz CT molecular complexity index is 468. The summed E-state index contributed by atoms with van der Waals surface area (Å²) < 4.78 is 0.00924. The molecule has 3 N–H and O–H groups in total. The summed E-state index contributed by atoms with van der Waals surface area (Å²) in [5, 5.41) is 14.0. The fourth-order valence-electron chi connectivity index (χ4n) is 0.794. The first-order chi connectivity index (χ1) is 8.00. The van der Waals surface area contributed by atoms with Crippen molar-refractivity contribution in [2.75, 3.05) is 12.3 Å². The maximum atomic E-state index is 10.9. The van der Waals surface area contributed by atoms with E-state index in [9.17, 15) is 4.79 Å². The van der Waals surface area contributed by atoms with Crippen LogP contribution >= 0.6 is 34.5 Å². The molecule has 0 radical (unpaired) electrons. The van der Waals surface area contributed by atoms with E-state index in [1.165, 1.54) is 11.5 Å². The Kier molecular flexibility index (Phi) is 5.20. The van der Waals surface area contributed by atoms with E-state index in [-0.39, 0.29) is 27.6 Å². The van der Waals surface area contributed by atoms with Crippen molar-refractivity contribution < 1.29 is 14.7 Å². The Hall–Kier alpha value is -1.31. The molecule has 1 rings (SSSR count). The van der Waals surface area contributed by atoms with Crippen LogP contribution in [0.3, 0.4) is 0 Å². The summed E-state index contributed by atoms with van der Waals surface area (Å²) in [6, 6.07) is 0. The van der Waals surface area contributed by atoms with E-state index in [1.54, 1.807) is 0 Å². The Labute approximate surface area is 110 Å². The highest BCUT2D eigenvalue weighted by Gasteiger charge is 2.16. The number of thiazole rings is 1. The summed E-state index contributed by atoms with van der Waals surface area (Å²) in [5.41, 5.74) is 5.19. The van der Waals surface area contributed by atoms with E-state index < -0.39 is 5.97 Å². The molecule has 9 heteroatoms. The SMILES string of the molecule is Nc1nc(C(=NOCC=C(Cl)Cl)C(=O)O)cs1. The van der Waals surface area contributed by atoms with Crippen molar-refractivity contribution in [2.45, 2.75) is 0 Å². The van der Waals surface area contributed by atoms with Crippen molar-refractivity contribution >= 4 is 51.4 Å². The molecular formula is C8H7Cl2N3O3S. The van der Waals surface area contributed by atoms with Gasteiger partial charge in [0.15, 0.2) is 5.13 Å². The van der Waals surface area contributed by atoms with Crippen LogP contribution in [-0.2, 0) is 9.63 Å². The van der Waals surface area contributed by atoms with Gasteiger partial charge in [-0.05, 0) is 6.08 Å². The van der Waals surface area contributed by atoms with Crippen LogP contribution in [0.1, 0.15) is 5.69 Å². The van der Waals surface area contributed by atoms with Gasteiger partial charge in [0.1, 0.15) is 16.8 Å². The quantitative estimate of drug-likeness (QED) is 0.491. The molecule has 1 aromatic rings. The second-order valence-electron chi connectivity index (χ2n) is 2.61. The fraction of sp³-hybridized carbons (Fsp3) is 0.125. The van der Waals surface area contributed by atoms with Gasteiger partial charge in [0.2, 0.25) is 5.71 Å². The standard InChI is InChI=1S/C8H7Cl2N3O3S/c9-5(10)1-2-16-13-6(7(14)15)4-3-17-8(11)12-4/h1,3H,2H2,(H2,11,12)(H,14,15). The molecule has 92 valence electrons. The number of hydrogen-bond donors (Lipinski definition) is 2. The normalized spacial score (nSPS) is 11.1. The number of nitrogens with two attached hydrogens (primary N) is 1. The second-order valence-corrected chi connectivity index (χ2v) is 4.50. The number of carboxylic acid groups (broad SMARTS) is 1. The number of rotatable bonds is 5. The van der Waals surface area contributed by atoms with E-state index >= 15 is 0 Å². The molecule has 0 unspecified atom stereocenters. The van der Waals surface area contributed by atoms with Crippen LogP contribution in [0, 0.1) is 0 Å². The molecule has 0 amide bonds. The smallest absolute Gasteiger partial charge is 0.360 e. The van der Waals surface area contributed by atoms with E-state index in [1.807, 2.05) is 0 Å². The zero-order valence-corrected chi connectivity index (χ0v) is 10.6. The molecule has 0 atom stereocenters. The molecule has 0 spiro atoms. The van der Waals surface area contributed by atoms with Gasteiger partial charge in [0.25, 0.3) is 0 Å². The van der Waals surface area contributed by atoms with Crippen molar-refractivity contribution in [3.8, 4) is 0 Å². The summed E-state index contributed by atoms with van der Waals surface area (Å²) in [4.78, 5) is 19.4. The maximum Gasteiger partial charge on any atom is 0.360 e. The summed E-state index contributed by atoms with van der Waals surface area (Å²) in [7, 11) is 0. The minimum atomic E-state index is -1.27. The van der Waals surface area contributed by atoms with Crippen LogP contribution < -0.4 is 5.73 Å². The molecule has 0 aromatic carbocycles. The first kappa shape index (κ1) is 13.8. The first-order valence-corrected chi connectivity index (χ1v) is 5.80. The molecule has 0 saturated heterocycles. The minimum Gasteiger partial charge on any atom is -0.476 e. The number of aliphatic carboxylic acids is 1. The molecule has 1 aromatic heterocycles. The third-order valence-electron chi connectivity index (χ3n) is 1.44. The topological polar surface area (TPSA) is 97.8 Å². The average molecular weight is 296 g/mol. The number of carbonyl (C=O) groups is 1. The number of nitrogen functional groups attached to an aromatic ring is 1. The lowest BCUT2D eigenvalue weighted by Gasteiger charge is -1.97. The summed E-state index contributed by atoms with van der Waals surface area (Å²) in [6.45, 7) is -0.0429. The number of oxime groups is 1. The van der Waals surface area contributed by atoms with Crippen LogP contribution in [0.4, 0.5) is 5.13 Å². The van der Waals surface area contributed by atoms with Gasteiger partial charge in [0, 0.05) is 5.38 Å². The predicted molar refractivity (Wildman–Crippen MR) is 66.4 cm³/mol. The van der Waals surface area contributed by atoms with Gasteiger partial charge < -0.3 is 15.7 Å². The number of nitrogens with zero attached hydrogens (tertiary/aromatic N) is 2. The van der Waals surface area contributed by atoms with Crippen molar-refractivity contribution in [2.24, 2.45) is 5.16 Å². The lowest BCUT2D eigenvalue weighted by atomic mass is 10.3. The van der Waals surface area contributed by atoms with Crippen molar-refractivity contribution in [3.63, 3.8) is 0 Å². The van der Waals surface area contributed by atoms with E-state index in [2.05, 4.69) is 10.1 Å². The first-order valence-electron chi connectivity index (χ1n) is 4.16. The predicted octanol–water partition coefficient (Wildman–Crippen LogP) is 1.85. The highest BCUT2D eigenvalue weighted by atomic mass is 35.5. The van der Waals surface area contributed by atoms with E-state index in [4.69, 9.17) is 38.9 Å². The largest absolute Gasteiger partial charge is 0.476 e. The Balaban J connectivity index is 2.76. The summed E-state index contributed by atoms with van der Waals surface area (Å²) in [6.07, 6.45) is 1.32. The second kappa shape index (κ2) is 6.43. The van der Waals surface area contributed by atoms with Crippen LogP contribution in [-0.4, -0.2) is 28.4 Å². The van der Waals surface area contributed by atoms with Crippen LogP contribution in [0.5, 0.6) is 0 Å². The number of carboxylic acids is 1. The van der Waals surface area contributed by atoms with Crippen LogP contribution in [0.15, 0.2) is 21.1 Å². The zero-order chi connectivity index (χ0) is 12.8. The van der Waals surface area contributed by atoms with Gasteiger partial charge in [-0.3, -0.25) is 0 Å². The van der Waals surface area contributed by atoms with Crippen molar-refractivity contribution in [3.05, 3.63) is 21.6 Å². The molecular weight excluding hydrogens is 289 g/mol. The van der Waals surface area contributed by atoms with Gasteiger partial charge in [-0.25, -0.2) is 9.78 Å². The maximum absolute atomic E-state index is 10.9. The lowest BCUT2D eigenvalue weighted by Crippen LogP contribution is -2.15. The monoisotopic (exact) mass is 295 g/mol. The number of hydrogen-bond acceptors (Lipinski definition) is 6. The molecule has 0 aliphatic heterocycles. The van der Waals surface area contributed by atoms with E-state index in [0.29, 0.717) is 0 Å². The van der Waals surface area contributed by atoms with Gasteiger partial charge in [-0.1, -0.05) is 28.4 Å². The minimum absolute atomic E-state index is 0.00924. The summed E-state index contributed by atoms with van der Waals surface area (Å²) >= 11 is 11.8. The number of halogens is 2. The fourth-order valence-corrected chi connectivity index (χ4v) is 1.47. The van der Waals surface area contributed by atoms with E-state index in [0.717, 1.165) is 11.3 Å². The van der Waals surface area contributed by atoms with Crippen LogP contribution in [0.2, 0.25) is 0 Å². The third kappa shape index (κ3) is 4.59. The van der Waals surface area contributed by atoms with Gasteiger partial charge in [0.05, 0.1) is 0 Å². The molecule has 6 nitrogen and oxygen atoms in total. The molecule has 1 heterocycles. The molecule has 0 fully saturated rings. The number of aromatic nitrogens is 1. The average Bonchev–Trinajstić information content (AvgIpc) is 2.63. The zero-order valence-electron chi connectivity index (χ0n) is 8.26. The molecule has 0 bridgehead atoms. The Morgan fingerprint density at radius 2 is 2.41 bits per heavy atom. The Morgan fingerprint density at radius 3 is 2.88 bits per heavy atom.